The first-order valence-electron chi connectivity index (χ1n) is 8.99. The van der Waals surface area contributed by atoms with Gasteiger partial charge in [0.15, 0.2) is 0 Å². The lowest BCUT2D eigenvalue weighted by molar-refractivity contribution is -0.163. The maximum atomic E-state index is 13.0. The van der Waals surface area contributed by atoms with Gasteiger partial charge in [0.2, 0.25) is 5.91 Å². The Morgan fingerprint density at radius 3 is 2.56 bits per heavy atom. The van der Waals surface area contributed by atoms with Gasteiger partial charge in [-0.25, -0.2) is 0 Å². The average Bonchev–Trinajstić information content (AvgIpc) is 2.61. The zero-order valence-corrected chi connectivity index (χ0v) is 15.9. The fourth-order valence-electron chi connectivity index (χ4n) is 3.43. The molecular weight excluding hydrogens is 318 g/mol. The van der Waals surface area contributed by atoms with Crippen molar-refractivity contribution in [1.29, 1.82) is 0 Å². The van der Waals surface area contributed by atoms with Crippen molar-refractivity contribution in [3.63, 3.8) is 0 Å². The molecule has 1 atom stereocenters. The van der Waals surface area contributed by atoms with Crippen LogP contribution in [0, 0.1) is 5.41 Å². The highest BCUT2D eigenvalue weighted by Crippen LogP contribution is 2.30. The lowest BCUT2D eigenvalue weighted by Crippen LogP contribution is -2.51. The van der Waals surface area contributed by atoms with Crippen LogP contribution in [0.2, 0.25) is 0 Å². The van der Waals surface area contributed by atoms with Gasteiger partial charge in [0.1, 0.15) is 11.2 Å². The van der Waals surface area contributed by atoms with E-state index in [1.807, 2.05) is 17.9 Å². The van der Waals surface area contributed by atoms with E-state index < -0.39 is 11.4 Å². The summed E-state index contributed by atoms with van der Waals surface area (Å²) in [4.78, 5) is 27.1. The molecule has 5 nitrogen and oxygen atoms in total. The van der Waals surface area contributed by atoms with Gasteiger partial charge in [0.05, 0.1) is 13.7 Å². The number of ether oxygens (including phenoxy) is 2. The second-order valence-corrected chi connectivity index (χ2v) is 6.97. The van der Waals surface area contributed by atoms with E-state index in [-0.39, 0.29) is 18.6 Å². The van der Waals surface area contributed by atoms with Crippen LogP contribution in [0.3, 0.4) is 0 Å². The zero-order chi connectivity index (χ0) is 18.6. The Kier molecular flexibility index (Phi) is 6.09. The van der Waals surface area contributed by atoms with Crippen molar-refractivity contribution >= 4 is 11.9 Å². The molecule has 138 valence electrons. The number of likely N-dealkylation sites (N-methyl/N-ethyl adjacent to an activating group) is 1. The minimum Gasteiger partial charge on any atom is -0.497 e. The SMILES string of the molecule is CCOC(=O)C(C)(C)C(=O)N(CC)C1CCc2cc(OC)ccc2C1. The Balaban J connectivity index is 2.18. The largest absolute Gasteiger partial charge is 0.497 e. The second kappa shape index (κ2) is 7.89. The van der Waals surface area contributed by atoms with Gasteiger partial charge in [-0.05, 0) is 70.2 Å². The number of aryl methyl sites for hydroxylation is 1. The highest BCUT2D eigenvalue weighted by Gasteiger charge is 2.42. The normalized spacial score (nSPS) is 16.8. The molecule has 1 aliphatic carbocycles. The van der Waals surface area contributed by atoms with E-state index in [0.717, 1.165) is 25.0 Å². The van der Waals surface area contributed by atoms with Crippen LogP contribution in [0.25, 0.3) is 0 Å². The number of fused-ring (bicyclic) bond motifs is 1. The molecule has 1 aliphatic rings. The van der Waals surface area contributed by atoms with Crippen molar-refractivity contribution in [2.24, 2.45) is 5.41 Å². The van der Waals surface area contributed by atoms with Crippen LogP contribution in [0.4, 0.5) is 0 Å². The van der Waals surface area contributed by atoms with E-state index in [2.05, 4.69) is 12.1 Å². The molecule has 0 N–H and O–H groups in total. The van der Waals surface area contributed by atoms with Crippen molar-refractivity contribution < 1.29 is 19.1 Å². The number of esters is 1. The first-order valence-corrected chi connectivity index (χ1v) is 8.99. The number of methoxy groups -OCH3 is 1. The monoisotopic (exact) mass is 347 g/mol. The Labute approximate surface area is 150 Å². The Bertz CT molecular complexity index is 639. The number of amides is 1. The van der Waals surface area contributed by atoms with Crippen molar-refractivity contribution in [2.75, 3.05) is 20.3 Å². The molecule has 0 spiro atoms. The Morgan fingerprint density at radius 2 is 1.96 bits per heavy atom. The van der Waals surface area contributed by atoms with Gasteiger partial charge < -0.3 is 14.4 Å². The third-order valence-corrected chi connectivity index (χ3v) is 4.98. The van der Waals surface area contributed by atoms with Crippen LogP contribution in [-0.4, -0.2) is 43.1 Å². The first-order chi connectivity index (χ1) is 11.8. The fraction of sp³-hybridized carbons (Fsp3) is 0.600. The second-order valence-electron chi connectivity index (χ2n) is 6.97. The predicted molar refractivity (Wildman–Crippen MR) is 96.6 cm³/mol. The molecule has 1 amide bonds. The van der Waals surface area contributed by atoms with Crippen LogP contribution >= 0.6 is 0 Å². The van der Waals surface area contributed by atoms with Crippen LogP contribution < -0.4 is 4.74 Å². The third-order valence-electron chi connectivity index (χ3n) is 4.98. The summed E-state index contributed by atoms with van der Waals surface area (Å²) < 4.78 is 10.4. The Hall–Kier alpha value is -2.04. The Morgan fingerprint density at radius 1 is 1.24 bits per heavy atom. The van der Waals surface area contributed by atoms with Gasteiger partial charge >= 0.3 is 5.97 Å². The fourth-order valence-corrected chi connectivity index (χ4v) is 3.43. The lowest BCUT2D eigenvalue weighted by Gasteiger charge is -2.38. The number of hydrogen-bond acceptors (Lipinski definition) is 4. The van der Waals surface area contributed by atoms with Gasteiger partial charge in [0.25, 0.3) is 0 Å². The summed E-state index contributed by atoms with van der Waals surface area (Å²) in [5.41, 5.74) is 1.37. The topological polar surface area (TPSA) is 55.8 Å². The van der Waals surface area contributed by atoms with E-state index in [0.29, 0.717) is 6.54 Å². The number of nitrogens with zero attached hydrogens (tertiary/aromatic N) is 1. The minimum atomic E-state index is -1.16. The molecule has 1 unspecified atom stereocenters. The minimum absolute atomic E-state index is 0.104. The molecule has 5 heteroatoms. The smallest absolute Gasteiger partial charge is 0.321 e. The van der Waals surface area contributed by atoms with Crippen LogP contribution in [0.15, 0.2) is 18.2 Å². The third kappa shape index (κ3) is 3.97. The number of carbonyl (C=O) groups is 2. The maximum Gasteiger partial charge on any atom is 0.321 e. The van der Waals surface area contributed by atoms with Crippen molar-refractivity contribution in [2.45, 2.75) is 53.0 Å². The highest BCUT2D eigenvalue weighted by molar-refractivity contribution is 6.01. The number of benzene rings is 1. The van der Waals surface area contributed by atoms with Crippen molar-refractivity contribution in [1.82, 2.24) is 4.90 Å². The molecule has 0 aromatic heterocycles. The number of carbonyl (C=O) groups excluding carboxylic acids is 2. The van der Waals surface area contributed by atoms with Crippen molar-refractivity contribution in [3.05, 3.63) is 29.3 Å². The van der Waals surface area contributed by atoms with Gasteiger partial charge in [-0.15, -0.1) is 0 Å². The molecule has 0 aliphatic heterocycles. The van der Waals surface area contributed by atoms with Crippen LogP contribution in [0.1, 0.15) is 45.2 Å². The van der Waals surface area contributed by atoms with E-state index in [1.54, 1.807) is 27.9 Å². The number of hydrogen-bond donors (Lipinski definition) is 0. The van der Waals surface area contributed by atoms with Crippen molar-refractivity contribution in [3.8, 4) is 5.75 Å². The quantitative estimate of drug-likeness (QED) is 0.586. The van der Waals surface area contributed by atoms with E-state index >= 15 is 0 Å². The molecule has 0 radical (unpaired) electrons. The molecule has 25 heavy (non-hydrogen) atoms. The van der Waals surface area contributed by atoms with E-state index in [1.165, 1.54) is 11.1 Å². The molecule has 1 aromatic carbocycles. The summed E-state index contributed by atoms with van der Waals surface area (Å²) in [6.45, 7) is 7.87. The summed E-state index contributed by atoms with van der Waals surface area (Å²) in [5, 5.41) is 0. The van der Waals surface area contributed by atoms with Crippen LogP contribution in [0.5, 0.6) is 5.75 Å². The van der Waals surface area contributed by atoms with E-state index in [4.69, 9.17) is 9.47 Å². The summed E-state index contributed by atoms with van der Waals surface area (Å²) in [6.07, 6.45) is 2.59. The van der Waals surface area contributed by atoms with Gasteiger partial charge in [-0.1, -0.05) is 6.07 Å². The average molecular weight is 347 g/mol. The number of rotatable bonds is 6. The van der Waals surface area contributed by atoms with Crippen LogP contribution in [-0.2, 0) is 27.2 Å². The molecule has 0 bridgehead atoms. The predicted octanol–water partition coefficient (Wildman–Crippen LogP) is 2.99. The summed E-state index contributed by atoms with van der Waals surface area (Å²) in [6, 6.07) is 6.22. The summed E-state index contributed by atoms with van der Waals surface area (Å²) in [5.74, 6) is 0.249. The molecule has 1 aromatic rings. The molecule has 2 rings (SSSR count). The summed E-state index contributed by atoms with van der Waals surface area (Å²) >= 11 is 0. The lowest BCUT2D eigenvalue weighted by atomic mass is 9.85. The van der Waals surface area contributed by atoms with Gasteiger partial charge in [-0.3, -0.25) is 9.59 Å². The molecule has 0 fully saturated rings. The highest BCUT2D eigenvalue weighted by atomic mass is 16.5. The molecule has 0 saturated carbocycles. The summed E-state index contributed by atoms with van der Waals surface area (Å²) in [7, 11) is 1.67. The van der Waals surface area contributed by atoms with Gasteiger partial charge in [0, 0.05) is 12.6 Å². The maximum absolute atomic E-state index is 13.0. The van der Waals surface area contributed by atoms with E-state index in [9.17, 15) is 9.59 Å². The molecule has 0 heterocycles. The first kappa shape index (κ1) is 19.3. The molecule has 0 saturated heterocycles. The standard InChI is InChI=1S/C20H29NO4/c1-6-21(18(22)20(3,4)19(23)25-7-2)16-10-8-15-13-17(24-5)11-9-14(15)12-16/h9,11,13,16H,6-8,10,12H2,1-5H3. The van der Waals surface area contributed by atoms with Gasteiger partial charge in [-0.2, -0.15) is 0 Å². The zero-order valence-electron chi connectivity index (χ0n) is 15.9. The molecular formula is C20H29NO4.